The number of nitrogens with one attached hydrogen (secondary N) is 1. The Balaban J connectivity index is 1.75. The highest BCUT2D eigenvalue weighted by molar-refractivity contribution is 6.30. The summed E-state index contributed by atoms with van der Waals surface area (Å²) in [5, 5.41) is 3.17. The number of benzene rings is 1. The summed E-state index contributed by atoms with van der Waals surface area (Å²) in [7, 11) is 0. The molecule has 0 saturated carbocycles. The van der Waals surface area contributed by atoms with E-state index in [-0.39, 0.29) is 12.5 Å². The number of nitrogens with zero attached hydrogens (tertiary/aromatic N) is 2. The Morgan fingerprint density at radius 1 is 1.30 bits per heavy atom. The van der Waals surface area contributed by atoms with Crippen molar-refractivity contribution in [3.8, 4) is 0 Å². The van der Waals surface area contributed by atoms with Crippen LogP contribution in [0.25, 0.3) is 0 Å². The maximum Gasteiger partial charge on any atom is 0.245 e. The number of pyridine rings is 1. The van der Waals surface area contributed by atoms with Crippen LogP contribution in [0.1, 0.15) is 5.56 Å². The van der Waals surface area contributed by atoms with E-state index >= 15 is 0 Å². The van der Waals surface area contributed by atoms with Gasteiger partial charge in [0.05, 0.1) is 11.6 Å². The van der Waals surface area contributed by atoms with Gasteiger partial charge in [0.25, 0.3) is 0 Å². The SMILES string of the molecule is NC(=O)[C@@H]1Cc2ccccc2N1CC(=O)Nc1ccc(Cl)cn1. The van der Waals surface area contributed by atoms with E-state index in [1.165, 1.54) is 6.20 Å². The summed E-state index contributed by atoms with van der Waals surface area (Å²) >= 11 is 5.76. The quantitative estimate of drug-likeness (QED) is 0.891. The summed E-state index contributed by atoms with van der Waals surface area (Å²) in [4.78, 5) is 29.7. The molecule has 1 aromatic heterocycles. The van der Waals surface area contributed by atoms with Crippen molar-refractivity contribution in [2.75, 3.05) is 16.8 Å². The van der Waals surface area contributed by atoms with Crippen molar-refractivity contribution in [2.45, 2.75) is 12.5 Å². The Bertz CT molecular complexity index is 748. The first-order valence-electron chi connectivity index (χ1n) is 7.10. The first kappa shape index (κ1) is 15.3. The minimum atomic E-state index is -0.517. The molecular weight excluding hydrogens is 316 g/mol. The second-order valence-electron chi connectivity index (χ2n) is 5.29. The van der Waals surface area contributed by atoms with Gasteiger partial charge in [0.2, 0.25) is 11.8 Å². The van der Waals surface area contributed by atoms with Gasteiger partial charge < -0.3 is 16.0 Å². The molecule has 2 aromatic rings. The van der Waals surface area contributed by atoms with Gasteiger partial charge in [0.1, 0.15) is 11.9 Å². The Labute approximate surface area is 138 Å². The van der Waals surface area contributed by atoms with E-state index in [0.29, 0.717) is 17.3 Å². The number of anilines is 2. The average molecular weight is 331 g/mol. The molecule has 6 nitrogen and oxygen atoms in total. The highest BCUT2D eigenvalue weighted by atomic mass is 35.5. The molecule has 0 bridgehead atoms. The smallest absolute Gasteiger partial charge is 0.245 e. The molecule has 1 atom stereocenters. The zero-order valence-corrected chi connectivity index (χ0v) is 13.0. The van der Waals surface area contributed by atoms with Crippen LogP contribution in [0.4, 0.5) is 11.5 Å². The molecule has 0 spiro atoms. The van der Waals surface area contributed by atoms with Crippen molar-refractivity contribution in [1.82, 2.24) is 4.98 Å². The van der Waals surface area contributed by atoms with E-state index in [9.17, 15) is 9.59 Å². The molecular formula is C16H15ClN4O2. The maximum atomic E-state index is 12.3. The average Bonchev–Trinajstić information content (AvgIpc) is 2.89. The summed E-state index contributed by atoms with van der Waals surface area (Å²) in [5.41, 5.74) is 7.34. The highest BCUT2D eigenvalue weighted by Crippen LogP contribution is 2.31. The van der Waals surface area contributed by atoms with Crippen molar-refractivity contribution in [3.05, 3.63) is 53.2 Å². The van der Waals surface area contributed by atoms with Crippen LogP contribution in [-0.2, 0) is 16.0 Å². The maximum absolute atomic E-state index is 12.3. The Hall–Kier alpha value is -2.60. The lowest BCUT2D eigenvalue weighted by molar-refractivity contribution is -0.119. The van der Waals surface area contributed by atoms with Gasteiger partial charge in [-0.2, -0.15) is 0 Å². The Kier molecular flexibility index (Phi) is 4.16. The van der Waals surface area contributed by atoms with Crippen LogP contribution < -0.4 is 16.0 Å². The molecule has 0 radical (unpaired) electrons. The van der Waals surface area contributed by atoms with E-state index in [1.807, 2.05) is 24.3 Å². The molecule has 0 aliphatic carbocycles. The lowest BCUT2D eigenvalue weighted by Crippen LogP contribution is -2.46. The molecule has 118 valence electrons. The first-order valence-corrected chi connectivity index (χ1v) is 7.47. The number of hydrogen-bond acceptors (Lipinski definition) is 4. The first-order chi connectivity index (χ1) is 11.0. The lowest BCUT2D eigenvalue weighted by Gasteiger charge is -2.24. The Morgan fingerprint density at radius 3 is 2.78 bits per heavy atom. The standard InChI is InChI=1S/C16H15ClN4O2/c17-11-5-6-14(19-8-11)20-15(22)9-21-12-4-2-1-3-10(12)7-13(21)16(18)23/h1-6,8,13H,7,9H2,(H2,18,23)(H,19,20,22)/t13-/m0/s1. The second-order valence-corrected chi connectivity index (χ2v) is 5.73. The number of carbonyl (C=O) groups excluding carboxylic acids is 2. The molecule has 1 aliphatic heterocycles. The highest BCUT2D eigenvalue weighted by Gasteiger charge is 2.33. The molecule has 2 amide bonds. The fraction of sp³-hybridized carbons (Fsp3) is 0.188. The van der Waals surface area contributed by atoms with E-state index in [2.05, 4.69) is 10.3 Å². The van der Waals surface area contributed by atoms with E-state index < -0.39 is 11.9 Å². The van der Waals surface area contributed by atoms with Crippen molar-refractivity contribution in [1.29, 1.82) is 0 Å². The minimum absolute atomic E-state index is 0.0227. The molecule has 1 aliphatic rings. The summed E-state index contributed by atoms with van der Waals surface area (Å²) < 4.78 is 0. The Morgan fingerprint density at radius 2 is 2.09 bits per heavy atom. The predicted octanol–water partition coefficient (Wildman–Crippen LogP) is 1.59. The summed E-state index contributed by atoms with van der Waals surface area (Å²) in [6, 6.07) is 10.3. The number of hydrogen-bond donors (Lipinski definition) is 2. The van der Waals surface area contributed by atoms with Gasteiger partial charge >= 0.3 is 0 Å². The fourth-order valence-electron chi connectivity index (χ4n) is 2.69. The lowest BCUT2D eigenvalue weighted by atomic mass is 10.1. The van der Waals surface area contributed by atoms with Crippen LogP contribution in [0, 0.1) is 0 Å². The van der Waals surface area contributed by atoms with Crippen molar-refractivity contribution >= 4 is 34.9 Å². The number of halogens is 1. The van der Waals surface area contributed by atoms with E-state index in [0.717, 1.165) is 11.3 Å². The van der Waals surface area contributed by atoms with Crippen molar-refractivity contribution < 1.29 is 9.59 Å². The number of fused-ring (bicyclic) bond motifs is 1. The summed E-state index contributed by atoms with van der Waals surface area (Å²) in [6.07, 6.45) is 1.96. The second kappa shape index (κ2) is 6.26. The van der Waals surface area contributed by atoms with Gasteiger partial charge in [-0.25, -0.2) is 4.98 Å². The van der Waals surface area contributed by atoms with E-state index in [1.54, 1.807) is 17.0 Å². The van der Waals surface area contributed by atoms with Crippen LogP contribution >= 0.6 is 11.6 Å². The summed E-state index contributed by atoms with van der Waals surface area (Å²) in [6.45, 7) is 0.0227. The number of para-hydroxylation sites is 1. The molecule has 0 unspecified atom stereocenters. The third-order valence-electron chi connectivity index (χ3n) is 3.73. The largest absolute Gasteiger partial charge is 0.368 e. The third-order valence-corrected chi connectivity index (χ3v) is 3.95. The molecule has 0 saturated heterocycles. The molecule has 1 aromatic carbocycles. The van der Waals surface area contributed by atoms with Crippen LogP contribution in [0.3, 0.4) is 0 Å². The van der Waals surface area contributed by atoms with Crippen LogP contribution in [0.5, 0.6) is 0 Å². The van der Waals surface area contributed by atoms with Crippen LogP contribution in [0.2, 0.25) is 5.02 Å². The van der Waals surface area contributed by atoms with Gasteiger partial charge in [-0.1, -0.05) is 29.8 Å². The number of primary amides is 1. The van der Waals surface area contributed by atoms with Gasteiger partial charge in [-0.15, -0.1) is 0 Å². The molecule has 3 rings (SSSR count). The zero-order chi connectivity index (χ0) is 16.4. The normalized spacial score (nSPS) is 16.0. The molecule has 7 heteroatoms. The third kappa shape index (κ3) is 3.27. The predicted molar refractivity (Wildman–Crippen MR) is 88.4 cm³/mol. The van der Waals surface area contributed by atoms with Gasteiger partial charge in [-0.3, -0.25) is 9.59 Å². The van der Waals surface area contributed by atoms with Crippen LogP contribution in [0.15, 0.2) is 42.6 Å². The molecule has 3 N–H and O–H groups in total. The number of carbonyl (C=O) groups is 2. The zero-order valence-electron chi connectivity index (χ0n) is 12.2. The minimum Gasteiger partial charge on any atom is -0.368 e. The van der Waals surface area contributed by atoms with Crippen molar-refractivity contribution in [3.63, 3.8) is 0 Å². The van der Waals surface area contributed by atoms with Gasteiger partial charge in [0.15, 0.2) is 0 Å². The topological polar surface area (TPSA) is 88.3 Å². The fourth-order valence-corrected chi connectivity index (χ4v) is 2.80. The molecule has 0 fully saturated rings. The van der Waals surface area contributed by atoms with Crippen LogP contribution in [-0.4, -0.2) is 29.4 Å². The summed E-state index contributed by atoms with van der Waals surface area (Å²) in [5.74, 6) is -0.316. The van der Waals surface area contributed by atoms with Gasteiger partial charge in [0, 0.05) is 18.3 Å². The number of aromatic nitrogens is 1. The monoisotopic (exact) mass is 330 g/mol. The van der Waals surface area contributed by atoms with Crippen molar-refractivity contribution in [2.24, 2.45) is 5.73 Å². The van der Waals surface area contributed by atoms with Gasteiger partial charge in [-0.05, 0) is 23.8 Å². The van der Waals surface area contributed by atoms with E-state index in [4.69, 9.17) is 17.3 Å². The molecule has 23 heavy (non-hydrogen) atoms. The number of nitrogens with two attached hydrogens (primary N) is 1. The number of amides is 2. The molecule has 2 heterocycles. The number of rotatable bonds is 4.